The van der Waals surface area contributed by atoms with Gasteiger partial charge >= 0.3 is 0 Å². The molecule has 0 aromatic carbocycles. The quantitative estimate of drug-likeness (QED) is 0.591. The van der Waals surface area contributed by atoms with Gasteiger partial charge in [-0.1, -0.05) is 6.07 Å². The fourth-order valence-corrected chi connectivity index (χ4v) is 1.39. The molecule has 98 valence electrons. The number of nitro groups is 1. The molecule has 0 atom stereocenters. The Hall–Kier alpha value is -2.15. The van der Waals surface area contributed by atoms with Crippen LogP contribution in [0.4, 0.5) is 0 Å². The standard InChI is InChI=1S/C11H17N5O2/c1-14(2)13-11(9-16(17)18)15(3)8-10-5-4-6-12-7-10/h4-7,9,13H,8H2,1-3H3. The molecule has 18 heavy (non-hydrogen) atoms. The molecule has 0 saturated carbocycles. The number of nitrogens with one attached hydrogen (secondary N) is 1. The summed E-state index contributed by atoms with van der Waals surface area (Å²) in [5.74, 6) is 0.411. The van der Waals surface area contributed by atoms with Crippen LogP contribution in [0.1, 0.15) is 5.56 Å². The summed E-state index contributed by atoms with van der Waals surface area (Å²) in [4.78, 5) is 15.9. The number of hydrazine groups is 1. The SMILES string of the molecule is CN(C)NC(=C[N+](=O)[O-])N(C)Cc1cccnc1. The lowest BCUT2D eigenvalue weighted by molar-refractivity contribution is -0.405. The van der Waals surface area contributed by atoms with Gasteiger partial charge in [0.2, 0.25) is 0 Å². The van der Waals surface area contributed by atoms with E-state index in [2.05, 4.69) is 10.4 Å². The fraction of sp³-hybridized carbons (Fsp3) is 0.364. The highest BCUT2D eigenvalue weighted by Crippen LogP contribution is 2.06. The molecule has 0 aliphatic rings. The summed E-state index contributed by atoms with van der Waals surface area (Å²) >= 11 is 0. The largest absolute Gasteiger partial charge is 0.351 e. The van der Waals surface area contributed by atoms with Gasteiger partial charge in [0.15, 0.2) is 5.82 Å². The topological polar surface area (TPSA) is 74.5 Å². The van der Waals surface area contributed by atoms with Gasteiger partial charge in [-0.2, -0.15) is 0 Å². The van der Waals surface area contributed by atoms with Crippen LogP contribution in [0.3, 0.4) is 0 Å². The summed E-state index contributed by atoms with van der Waals surface area (Å²) in [6, 6.07) is 3.75. The van der Waals surface area contributed by atoms with Gasteiger partial charge in [-0.3, -0.25) is 15.1 Å². The second-order valence-corrected chi connectivity index (χ2v) is 4.02. The van der Waals surface area contributed by atoms with Gasteiger partial charge in [0.25, 0.3) is 6.20 Å². The van der Waals surface area contributed by atoms with Crippen LogP contribution in [0.25, 0.3) is 0 Å². The molecular weight excluding hydrogens is 234 g/mol. The molecule has 7 nitrogen and oxygen atoms in total. The van der Waals surface area contributed by atoms with Crippen LogP contribution in [0.2, 0.25) is 0 Å². The first-order chi connectivity index (χ1) is 8.49. The molecule has 1 heterocycles. The van der Waals surface area contributed by atoms with Crippen molar-refractivity contribution in [1.82, 2.24) is 20.3 Å². The van der Waals surface area contributed by atoms with Crippen molar-refractivity contribution in [2.45, 2.75) is 6.54 Å². The van der Waals surface area contributed by atoms with E-state index in [0.29, 0.717) is 12.4 Å². The van der Waals surface area contributed by atoms with Crippen molar-refractivity contribution < 1.29 is 4.92 Å². The summed E-state index contributed by atoms with van der Waals surface area (Å²) in [6.45, 7) is 0.536. The monoisotopic (exact) mass is 251 g/mol. The Morgan fingerprint density at radius 3 is 2.78 bits per heavy atom. The maximum Gasteiger partial charge on any atom is 0.275 e. The zero-order chi connectivity index (χ0) is 13.5. The highest BCUT2D eigenvalue weighted by molar-refractivity contribution is 5.09. The molecule has 0 radical (unpaired) electrons. The Kier molecular flexibility index (Phi) is 5.06. The Morgan fingerprint density at radius 2 is 2.28 bits per heavy atom. The number of nitrogens with zero attached hydrogens (tertiary/aromatic N) is 4. The Morgan fingerprint density at radius 1 is 1.56 bits per heavy atom. The smallest absolute Gasteiger partial charge is 0.275 e. The molecule has 0 fully saturated rings. The Balaban J connectivity index is 2.76. The van der Waals surface area contributed by atoms with E-state index < -0.39 is 4.92 Å². The van der Waals surface area contributed by atoms with E-state index >= 15 is 0 Å². The molecule has 0 aliphatic carbocycles. The summed E-state index contributed by atoms with van der Waals surface area (Å²) in [5, 5.41) is 12.2. The molecule has 0 saturated heterocycles. The van der Waals surface area contributed by atoms with Crippen molar-refractivity contribution in [1.29, 1.82) is 0 Å². The molecule has 0 aliphatic heterocycles. The number of pyridine rings is 1. The number of hydrogen-bond acceptors (Lipinski definition) is 6. The summed E-state index contributed by atoms with van der Waals surface area (Å²) in [7, 11) is 5.32. The maximum atomic E-state index is 10.6. The molecule has 0 bridgehead atoms. The van der Waals surface area contributed by atoms with Gasteiger partial charge < -0.3 is 10.3 Å². The van der Waals surface area contributed by atoms with Crippen LogP contribution in [-0.4, -0.2) is 41.0 Å². The zero-order valence-electron chi connectivity index (χ0n) is 10.7. The Labute approximate surface area is 106 Å². The third kappa shape index (κ3) is 4.79. The van der Waals surface area contributed by atoms with Crippen LogP contribution in [0.15, 0.2) is 36.5 Å². The number of rotatable bonds is 6. The highest BCUT2D eigenvalue weighted by atomic mass is 16.6. The van der Waals surface area contributed by atoms with E-state index in [0.717, 1.165) is 11.8 Å². The zero-order valence-corrected chi connectivity index (χ0v) is 10.7. The second-order valence-electron chi connectivity index (χ2n) is 4.02. The third-order valence-electron chi connectivity index (χ3n) is 2.12. The van der Waals surface area contributed by atoms with Crippen LogP contribution in [0, 0.1) is 10.1 Å². The van der Waals surface area contributed by atoms with Crippen LogP contribution >= 0.6 is 0 Å². The molecular formula is C11H17N5O2. The van der Waals surface area contributed by atoms with Gasteiger partial charge in [-0.05, 0) is 11.6 Å². The second kappa shape index (κ2) is 6.55. The van der Waals surface area contributed by atoms with Crippen molar-refractivity contribution in [2.75, 3.05) is 21.1 Å². The predicted octanol–water partition coefficient (Wildman–Crippen LogP) is 0.655. The summed E-state index contributed by atoms with van der Waals surface area (Å²) in [6.07, 6.45) is 4.36. The van der Waals surface area contributed by atoms with Crippen LogP contribution in [-0.2, 0) is 6.54 Å². The van der Waals surface area contributed by atoms with Crippen molar-refractivity contribution >= 4 is 0 Å². The average Bonchev–Trinajstić information content (AvgIpc) is 2.28. The third-order valence-corrected chi connectivity index (χ3v) is 2.12. The van der Waals surface area contributed by atoms with Gasteiger partial charge in [-0.15, -0.1) is 0 Å². The first kappa shape index (κ1) is 13.9. The van der Waals surface area contributed by atoms with Crippen molar-refractivity contribution in [3.63, 3.8) is 0 Å². The molecule has 7 heteroatoms. The minimum absolute atomic E-state index is 0.411. The minimum Gasteiger partial charge on any atom is -0.351 e. The van der Waals surface area contributed by atoms with E-state index in [9.17, 15) is 10.1 Å². The molecule has 0 spiro atoms. The van der Waals surface area contributed by atoms with Crippen LogP contribution in [0.5, 0.6) is 0 Å². The van der Waals surface area contributed by atoms with Crippen LogP contribution < -0.4 is 5.43 Å². The summed E-state index contributed by atoms with van der Waals surface area (Å²) < 4.78 is 0. The molecule has 1 rings (SSSR count). The van der Waals surface area contributed by atoms with Gasteiger partial charge in [0.1, 0.15) is 0 Å². The maximum absolute atomic E-state index is 10.6. The van der Waals surface area contributed by atoms with E-state index in [1.807, 2.05) is 12.1 Å². The van der Waals surface area contributed by atoms with E-state index in [4.69, 9.17) is 0 Å². The first-order valence-corrected chi connectivity index (χ1v) is 5.38. The van der Waals surface area contributed by atoms with Crippen molar-refractivity contribution in [2.24, 2.45) is 0 Å². The van der Waals surface area contributed by atoms with Crippen molar-refractivity contribution in [3.05, 3.63) is 52.2 Å². The van der Waals surface area contributed by atoms with Gasteiger partial charge in [-0.25, -0.2) is 5.01 Å². The molecule has 0 amide bonds. The normalized spacial score (nSPS) is 11.4. The molecule has 0 unspecified atom stereocenters. The van der Waals surface area contributed by atoms with Gasteiger partial charge in [0.05, 0.1) is 4.92 Å². The lowest BCUT2D eigenvalue weighted by Gasteiger charge is -2.24. The average molecular weight is 251 g/mol. The molecule has 1 aromatic rings. The van der Waals surface area contributed by atoms with E-state index in [1.165, 1.54) is 0 Å². The van der Waals surface area contributed by atoms with E-state index in [-0.39, 0.29) is 0 Å². The minimum atomic E-state index is -0.481. The van der Waals surface area contributed by atoms with E-state index in [1.54, 1.807) is 43.4 Å². The Bertz CT molecular complexity index is 419. The van der Waals surface area contributed by atoms with Crippen molar-refractivity contribution in [3.8, 4) is 0 Å². The molecule has 1 N–H and O–H groups in total. The lowest BCUT2D eigenvalue weighted by atomic mass is 10.3. The number of aromatic nitrogens is 1. The predicted molar refractivity (Wildman–Crippen MR) is 67.6 cm³/mol. The summed E-state index contributed by atoms with van der Waals surface area (Å²) in [5.41, 5.74) is 3.87. The lowest BCUT2D eigenvalue weighted by Crippen LogP contribution is -2.37. The first-order valence-electron chi connectivity index (χ1n) is 5.38. The number of hydrogen-bond donors (Lipinski definition) is 1. The molecule has 1 aromatic heterocycles. The van der Waals surface area contributed by atoms with Gasteiger partial charge in [0, 0.05) is 40.1 Å². The highest BCUT2D eigenvalue weighted by Gasteiger charge is 2.10. The fourth-order valence-electron chi connectivity index (χ4n) is 1.39.